The Bertz CT molecular complexity index is 1010. The first-order valence-electron chi connectivity index (χ1n) is 11.0. The topological polar surface area (TPSA) is 38.8 Å². The summed E-state index contributed by atoms with van der Waals surface area (Å²) < 4.78 is 12.2. The number of fused-ring (bicyclic) bond motifs is 3. The van der Waals surface area contributed by atoms with E-state index >= 15 is 0 Å². The van der Waals surface area contributed by atoms with Crippen LogP contribution in [0.5, 0.6) is 11.5 Å². The van der Waals surface area contributed by atoms with Crippen LogP contribution >= 0.6 is 0 Å². The van der Waals surface area contributed by atoms with Crippen LogP contribution in [0.3, 0.4) is 0 Å². The smallest absolute Gasteiger partial charge is 0.231 e. The maximum atomic E-state index is 13.0. The summed E-state index contributed by atoms with van der Waals surface area (Å²) in [5, 5.41) is 0. The molecular formula is C26H29NO3. The third-order valence-electron chi connectivity index (χ3n) is 6.56. The van der Waals surface area contributed by atoms with Crippen molar-refractivity contribution >= 4 is 11.9 Å². The molecule has 2 heterocycles. The third-order valence-corrected chi connectivity index (χ3v) is 6.56. The zero-order chi connectivity index (χ0) is 20.9. The molecule has 1 fully saturated rings. The number of Topliss-reactive ketones (excluding diaryl/α,β-unsaturated/α-hetero) is 1. The first-order chi connectivity index (χ1) is 14.4. The summed E-state index contributed by atoms with van der Waals surface area (Å²) in [6.45, 7) is 7.99. The van der Waals surface area contributed by atoms with Crippen molar-refractivity contribution < 1.29 is 14.3 Å². The molecule has 0 saturated heterocycles. The van der Waals surface area contributed by atoms with E-state index < -0.39 is 0 Å². The molecular weight excluding hydrogens is 374 g/mol. The normalized spacial score (nSPS) is 20.8. The number of nitrogens with zero attached hydrogens (tertiary/aromatic N) is 1. The fraction of sp³-hybridized carbons (Fsp3) is 0.423. The van der Waals surface area contributed by atoms with Crippen LogP contribution in [-0.4, -0.2) is 23.5 Å². The molecule has 2 aromatic rings. The molecule has 156 valence electrons. The van der Waals surface area contributed by atoms with Crippen LogP contribution in [0, 0.1) is 0 Å². The van der Waals surface area contributed by atoms with Gasteiger partial charge in [-0.3, -0.25) is 9.69 Å². The van der Waals surface area contributed by atoms with Crippen molar-refractivity contribution in [2.75, 3.05) is 6.73 Å². The average Bonchev–Trinajstić information content (AvgIpc) is 3.37. The highest BCUT2D eigenvalue weighted by Gasteiger charge is 2.35. The summed E-state index contributed by atoms with van der Waals surface area (Å²) in [7, 11) is 0. The van der Waals surface area contributed by atoms with E-state index in [1.165, 1.54) is 31.2 Å². The van der Waals surface area contributed by atoms with Crippen molar-refractivity contribution in [2.45, 2.75) is 64.5 Å². The van der Waals surface area contributed by atoms with Crippen LogP contribution in [-0.2, 0) is 12.0 Å². The van der Waals surface area contributed by atoms with Gasteiger partial charge in [-0.2, -0.15) is 0 Å². The van der Waals surface area contributed by atoms with Crippen LogP contribution in [0.25, 0.3) is 6.08 Å². The summed E-state index contributed by atoms with van der Waals surface area (Å²) >= 11 is 0. The quantitative estimate of drug-likeness (QED) is 0.604. The lowest BCUT2D eigenvalue weighted by Crippen LogP contribution is -2.39. The summed E-state index contributed by atoms with van der Waals surface area (Å²) in [6, 6.07) is 12.7. The summed E-state index contributed by atoms with van der Waals surface area (Å²) in [5.74, 6) is 1.86. The zero-order valence-corrected chi connectivity index (χ0v) is 18.0. The fourth-order valence-corrected chi connectivity index (χ4v) is 4.71. The van der Waals surface area contributed by atoms with Gasteiger partial charge in [0.2, 0.25) is 5.78 Å². The summed E-state index contributed by atoms with van der Waals surface area (Å²) in [5.41, 5.74) is 3.99. The summed E-state index contributed by atoms with van der Waals surface area (Å²) in [4.78, 5) is 15.4. The molecule has 1 aliphatic carbocycles. The van der Waals surface area contributed by atoms with E-state index in [-0.39, 0.29) is 11.2 Å². The van der Waals surface area contributed by atoms with Crippen molar-refractivity contribution in [1.82, 2.24) is 4.90 Å². The highest BCUT2D eigenvalue weighted by molar-refractivity contribution is 6.15. The number of carbonyl (C=O) groups is 1. The maximum absolute atomic E-state index is 13.0. The van der Waals surface area contributed by atoms with Crippen LogP contribution in [0.15, 0.2) is 42.2 Å². The molecule has 30 heavy (non-hydrogen) atoms. The van der Waals surface area contributed by atoms with E-state index in [1.807, 2.05) is 30.3 Å². The highest BCUT2D eigenvalue weighted by Crippen LogP contribution is 2.43. The maximum Gasteiger partial charge on any atom is 0.231 e. The number of ketones is 1. The minimum Gasteiger partial charge on any atom is -0.478 e. The first kappa shape index (κ1) is 19.4. The predicted octanol–water partition coefficient (Wildman–Crippen LogP) is 5.69. The van der Waals surface area contributed by atoms with Gasteiger partial charge in [-0.1, -0.05) is 57.9 Å². The molecule has 4 heteroatoms. The largest absolute Gasteiger partial charge is 0.478 e. The van der Waals surface area contributed by atoms with E-state index in [0.717, 1.165) is 23.4 Å². The molecule has 0 spiro atoms. The van der Waals surface area contributed by atoms with Crippen molar-refractivity contribution in [1.29, 1.82) is 0 Å². The number of allylic oxidation sites excluding steroid dienone is 1. The lowest BCUT2D eigenvalue weighted by atomic mass is 9.86. The van der Waals surface area contributed by atoms with Gasteiger partial charge in [0, 0.05) is 12.6 Å². The zero-order valence-electron chi connectivity index (χ0n) is 18.0. The lowest BCUT2D eigenvalue weighted by Gasteiger charge is -2.33. The van der Waals surface area contributed by atoms with Gasteiger partial charge >= 0.3 is 0 Å². The van der Waals surface area contributed by atoms with Crippen LogP contribution in [0.2, 0.25) is 0 Å². The van der Waals surface area contributed by atoms with Crippen molar-refractivity contribution in [2.24, 2.45) is 0 Å². The second kappa shape index (κ2) is 7.28. The number of ether oxygens (including phenoxy) is 2. The Morgan fingerprint density at radius 2 is 1.77 bits per heavy atom. The minimum absolute atomic E-state index is 0.0503. The lowest BCUT2D eigenvalue weighted by molar-refractivity contribution is 0.0567. The monoisotopic (exact) mass is 403 g/mol. The Hall–Kier alpha value is -2.59. The van der Waals surface area contributed by atoms with Crippen molar-refractivity contribution in [3.63, 3.8) is 0 Å². The molecule has 0 atom stereocenters. The molecule has 0 amide bonds. The number of hydrogen-bond donors (Lipinski definition) is 0. The second-order valence-electron chi connectivity index (χ2n) is 9.69. The van der Waals surface area contributed by atoms with Crippen molar-refractivity contribution in [3.8, 4) is 11.5 Å². The predicted molar refractivity (Wildman–Crippen MR) is 118 cm³/mol. The SMILES string of the molecule is CC(C)(C)c1ccc(/C=C2\Oc3c(ccc4c3CN(C3CCCC3)CO4)C2=O)cc1. The van der Waals surface area contributed by atoms with Gasteiger partial charge in [-0.25, -0.2) is 0 Å². The first-order valence-corrected chi connectivity index (χ1v) is 11.0. The Morgan fingerprint density at radius 3 is 2.47 bits per heavy atom. The molecule has 0 radical (unpaired) electrons. The fourth-order valence-electron chi connectivity index (χ4n) is 4.71. The van der Waals surface area contributed by atoms with Crippen LogP contribution in [0.1, 0.15) is 73.5 Å². The van der Waals surface area contributed by atoms with Gasteiger partial charge in [0.05, 0.1) is 11.1 Å². The van der Waals surface area contributed by atoms with E-state index in [2.05, 4.69) is 37.8 Å². The Labute approximate surface area is 178 Å². The Balaban J connectivity index is 1.42. The van der Waals surface area contributed by atoms with E-state index in [4.69, 9.17) is 9.47 Å². The molecule has 0 N–H and O–H groups in total. The van der Waals surface area contributed by atoms with E-state index in [9.17, 15) is 4.79 Å². The minimum atomic E-state index is -0.0503. The second-order valence-corrected chi connectivity index (χ2v) is 9.69. The number of carbonyl (C=O) groups excluding carboxylic acids is 1. The summed E-state index contributed by atoms with van der Waals surface area (Å²) in [6.07, 6.45) is 6.87. The van der Waals surface area contributed by atoms with E-state index in [1.54, 1.807) is 0 Å². The molecule has 0 bridgehead atoms. The molecule has 2 aliphatic heterocycles. The van der Waals surface area contributed by atoms with Crippen LogP contribution < -0.4 is 9.47 Å². The number of benzene rings is 2. The molecule has 4 nitrogen and oxygen atoms in total. The van der Waals surface area contributed by atoms with Gasteiger partial charge in [0.15, 0.2) is 5.76 Å². The molecule has 1 saturated carbocycles. The molecule has 3 aliphatic rings. The molecule has 0 aromatic heterocycles. The van der Waals surface area contributed by atoms with Gasteiger partial charge in [0.25, 0.3) is 0 Å². The molecule has 5 rings (SSSR count). The van der Waals surface area contributed by atoms with Crippen LogP contribution in [0.4, 0.5) is 0 Å². The molecule has 2 aromatic carbocycles. The number of rotatable bonds is 2. The van der Waals surface area contributed by atoms with Gasteiger partial charge in [-0.05, 0) is 47.6 Å². The van der Waals surface area contributed by atoms with Gasteiger partial charge in [0.1, 0.15) is 18.2 Å². The number of hydrogen-bond acceptors (Lipinski definition) is 4. The molecule has 0 unspecified atom stereocenters. The third kappa shape index (κ3) is 3.43. The van der Waals surface area contributed by atoms with Crippen molar-refractivity contribution in [3.05, 3.63) is 64.4 Å². The average molecular weight is 404 g/mol. The van der Waals surface area contributed by atoms with Gasteiger partial charge < -0.3 is 9.47 Å². The Morgan fingerprint density at radius 1 is 1.03 bits per heavy atom. The standard InChI is InChI=1S/C26H29NO3/c1-26(2,3)18-10-8-17(9-11-18)14-23-24(28)20-12-13-22-21(25(20)30-23)15-27(16-29-22)19-6-4-5-7-19/h8-14,19H,4-7,15-16H2,1-3H3/b23-14-. The van der Waals surface area contributed by atoms with E-state index in [0.29, 0.717) is 29.8 Å². The Kier molecular flexibility index (Phi) is 4.70. The van der Waals surface area contributed by atoms with Gasteiger partial charge in [-0.15, -0.1) is 0 Å². The highest BCUT2D eigenvalue weighted by atomic mass is 16.5.